The summed E-state index contributed by atoms with van der Waals surface area (Å²) in [5.41, 5.74) is 0. The predicted octanol–water partition coefficient (Wildman–Crippen LogP) is 4.94. The van der Waals surface area contributed by atoms with Gasteiger partial charge in [-0.1, -0.05) is 0 Å². The average molecular weight is 1020 g/mol. The molecule has 64 valence electrons. The molecule has 0 radical (unpaired) electrons. The third-order valence-corrected chi connectivity index (χ3v) is 0. The van der Waals surface area contributed by atoms with E-state index in [2.05, 4.69) is 0 Å². The van der Waals surface area contributed by atoms with Gasteiger partial charge in [0.05, 0.1) is 0 Å². The van der Waals surface area contributed by atoms with Crippen LogP contribution in [0.4, 0.5) is 0 Å². The van der Waals surface area contributed by atoms with E-state index in [1.807, 2.05) is 0 Å². The summed E-state index contributed by atoms with van der Waals surface area (Å²) in [4.78, 5) is 0. The minimum atomic E-state index is 0. The fraction of sp³-hybridized carbons (Fsp3) is 0. The first kappa shape index (κ1) is 66.9. The maximum Gasteiger partial charge on any atom is -0.107 e. The summed E-state index contributed by atoms with van der Waals surface area (Å²) in [5.74, 6) is 0. The molecule has 0 bridgehead atoms. The van der Waals surface area contributed by atoms with Crippen molar-refractivity contribution in [2.24, 2.45) is 0 Å². The molecule has 8 heavy (non-hydrogen) atoms. The van der Waals surface area contributed by atoms with Crippen LogP contribution in [0.25, 0.3) is 0 Å². The molecule has 0 fully saturated rings. The van der Waals surface area contributed by atoms with Gasteiger partial charge < -0.3 is 0 Å². The van der Waals surface area contributed by atoms with E-state index < -0.39 is 0 Å². The van der Waals surface area contributed by atoms with E-state index in [4.69, 9.17) is 0 Å². The molecule has 0 aromatic carbocycles. The Kier molecular flexibility index (Phi) is 441. The van der Waals surface area contributed by atoms with Gasteiger partial charge in [-0.05, 0) is 0 Å². The van der Waals surface area contributed by atoms with E-state index in [9.17, 15) is 0 Å². The first-order chi connectivity index (χ1) is 0. The van der Waals surface area contributed by atoms with Crippen molar-refractivity contribution in [3.63, 3.8) is 0 Å². The van der Waals surface area contributed by atoms with Gasteiger partial charge in [0.2, 0.25) is 0 Å². The van der Waals surface area contributed by atoms with Crippen molar-refractivity contribution < 1.29 is 0 Å². The lowest BCUT2D eigenvalue weighted by atomic mass is 127. The van der Waals surface area contributed by atoms with Crippen molar-refractivity contribution >= 4 is 192 Å². The first-order valence-corrected chi connectivity index (χ1v) is 0. The molecule has 0 aromatic heterocycles. The Bertz CT molecular complexity index is 0. The fourth-order valence-corrected chi connectivity index (χ4v) is 0. The Labute approximate surface area is 187 Å². The van der Waals surface area contributed by atoms with E-state index in [1.165, 1.54) is 0 Å². The van der Waals surface area contributed by atoms with E-state index >= 15 is 0 Å². The summed E-state index contributed by atoms with van der Waals surface area (Å²) in [5, 5.41) is 0. The average Bonchev–Trinajstić information content (AvgIpc) is 0. The quantitative estimate of drug-likeness (QED) is 0.302. The largest absolute Gasteiger partial charge is 0.107 e. The van der Waals surface area contributed by atoms with Gasteiger partial charge in [-0.3, -0.25) is 0 Å². The first-order valence-electron chi connectivity index (χ1n) is 0. The Morgan fingerprint density at radius 3 is 0.125 bits per heavy atom. The van der Waals surface area contributed by atoms with E-state index in [0.29, 0.717) is 0 Å². The van der Waals surface area contributed by atoms with E-state index in [-0.39, 0.29) is 192 Å². The van der Waals surface area contributed by atoms with Crippen LogP contribution in [0.1, 0.15) is 0 Å². The third-order valence-electron chi connectivity index (χ3n) is 0. The topological polar surface area (TPSA) is 0 Å². The fourth-order valence-electron chi connectivity index (χ4n) is 0. The Balaban J connectivity index is 0. The van der Waals surface area contributed by atoms with Crippen LogP contribution in [-0.4, -0.2) is 0 Å². The highest BCUT2D eigenvalue weighted by molar-refractivity contribution is 14.0. The summed E-state index contributed by atoms with van der Waals surface area (Å²) < 4.78 is 0. The van der Waals surface area contributed by atoms with Crippen molar-refractivity contribution in [1.82, 2.24) is 0 Å². The van der Waals surface area contributed by atoms with Crippen molar-refractivity contribution in [3.8, 4) is 0 Å². The number of hydrogen-bond donors (Lipinski definition) is 0. The molecule has 8 heteroatoms. The lowest BCUT2D eigenvalue weighted by Crippen LogP contribution is 0.885. The SMILES string of the molecule is I.I.I.I.I.I.I.I. The molecule has 0 N–H and O–H groups in total. The second-order valence-electron chi connectivity index (χ2n) is 0. The molecule has 0 unspecified atom stereocenters. The second kappa shape index (κ2) is 52.8. The summed E-state index contributed by atoms with van der Waals surface area (Å²) in [6.07, 6.45) is 0. The molecule has 0 heterocycles. The zero-order valence-electron chi connectivity index (χ0n) is 3.27. The third kappa shape index (κ3) is 40.8. The molecule has 0 nitrogen and oxygen atoms in total. The van der Waals surface area contributed by atoms with Gasteiger partial charge in [0.1, 0.15) is 0 Å². The minimum absolute atomic E-state index is 0. The van der Waals surface area contributed by atoms with Crippen LogP contribution < -0.4 is 0 Å². The molecule has 0 amide bonds. The van der Waals surface area contributed by atoms with Crippen LogP contribution in [0.3, 0.4) is 0 Å². The standard InChI is InChI=1S/8HI/h8*1H. The molecular formula is H8I8. The van der Waals surface area contributed by atoms with Gasteiger partial charge in [-0.25, -0.2) is 0 Å². The molecule has 0 spiro atoms. The highest BCUT2D eigenvalue weighted by atomic mass is 127. The molecule has 0 aliphatic heterocycles. The lowest BCUT2D eigenvalue weighted by molar-refractivity contribution is 14.0. The molecule has 0 aliphatic carbocycles. The van der Waals surface area contributed by atoms with Crippen molar-refractivity contribution in [2.75, 3.05) is 0 Å². The van der Waals surface area contributed by atoms with Crippen LogP contribution in [0.2, 0.25) is 0 Å². The Morgan fingerprint density at radius 1 is 0.125 bits per heavy atom. The normalized spacial score (nSPS) is 0. The van der Waals surface area contributed by atoms with Crippen molar-refractivity contribution in [2.45, 2.75) is 0 Å². The number of hydrogen-bond acceptors (Lipinski definition) is 0. The minimum Gasteiger partial charge on any atom is -0.107 e. The van der Waals surface area contributed by atoms with Gasteiger partial charge in [-0.2, -0.15) is 0 Å². The second-order valence-corrected chi connectivity index (χ2v) is 0. The van der Waals surface area contributed by atoms with E-state index in [1.54, 1.807) is 0 Å². The van der Waals surface area contributed by atoms with E-state index in [0.717, 1.165) is 0 Å². The monoisotopic (exact) mass is 1020 g/mol. The van der Waals surface area contributed by atoms with Crippen molar-refractivity contribution in [3.05, 3.63) is 0 Å². The van der Waals surface area contributed by atoms with Gasteiger partial charge in [0.25, 0.3) is 0 Å². The lowest BCUT2D eigenvalue weighted by Gasteiger charge is -0.108. The van der Waals surface area contributed by atoms with Crippen LogP contribution in [0.5, 0.6) is 0 Å². The number of rotatable bonds is 0. The Morgan fingerprint density at radius 2 is 0.125 bits per heavy atom. The predicted molar refractivity (Wildman–Crippen MR) is 123 cm³/mol. The van der Waals surface area contributed by atoms with Crippen LogP contribution in [-0.2, 0) is 0 Å². The summed E-state index contributed by atoms with van der Waals surface area (Å²) >= 11 is 0. The maximum atomic E-state index is 0. The van der Waals surface area contributed by atoms with Crippen LogP contribution in [0, 0.1) is 0 Å². The van der Waals surface area contributed by atoms with Crippen LogP contribution in [0.15, 0.2) is 0 Å². The molecular weight excluding hydrogens is 1020 g/mol. The smallest absolute Gasteiger partial charge is 0.107 e. The van der Waals surface area contributed by atoms with Crippen LogP contribution >= 0.6 is 192 Å². The molecule has 0 atom stereocenters. The van der Waals surface area contributed by atoms with Gasteiger partial charge in [0.15, 0.2) is 0 Å². The summed E-state index contributed by atoms with van der Waals surface area (Å²) in [6, 6.07) is 0. The zero-order chi connectivity index (χ0) is 0. The zero-order valence-corrected chi connectivity index (χ0v) is 21.9. The highest BCUT2D eigenvalue weighted by Crippen LogP contribution is 0.893. The van der Waals surface area contributed by atoms with Gasteiger partial charge >= 0.3 is 0 Å². The maximum absolute atomic E-state index is 0. The van der Waals surface area contributed by atoms with Gasteiger partial charge in [0, 0.05) is 0 Å². The summed E-state index contributed by atoms with van der Waals surface area (Å²) in [6.45, 7) is 0. The molecule has 0 aromatic rings. The summed E-state index contributed by atoms with van der Waals surface area (Å²) in [7, 11) is 0. The van der Waals surface area contributed by atoms with Gasteiger partial charge in [-0.15, -0.1) is 192 Å². The molecule has 0 aliphatic rings. The highest BCUT2D eigenvalue weighted by Gasteiger charge is -0.100. The van der Waals surface area contributed by atoms with Crippen molar-refractivity contribution in [1.29, 1.82) is 0 Å². The molecule has 0 rings (SSSR count). The molecule has 0 saturated carbocycles. The number of halogens is 8. The Hall–Kier alpha value is 5.84. The molecule has 0 saturated heterocycles.